The predicted octanol–water partition coefficient (Wildman–Crippen LogP) is 7.61. The van der Waals surface area contributed by atoms with Crippen LogP contribution < -0.4 is 5.32 Å². The van der Waals surface area contributed by atoms with Crippen LogP contribution in [-0.4, -0.2) is 69.9 Å². The second-order valence-corrected chi connectivity index (χ2v) is 12.7. The van der Waals surface area contributed by atoms with Crippen molar-refractivity contribution in [3.8, 4) is 0 Å². The monoisotopic (exact) mass is 634 g/mol. The molecule has 47 heavy (non-hydrogen) atoms. The van der Waals surface area contributed by atoms with Gasteiger partial charge in [0.25, 0.3) is 0 Å². The number of quaternary nitrogens is 2. The topological polar surface area (TPSA) is 114 Å². The highest BCUT2D eigenvalue weighted by Crippen LogP contribution is 2.41. The quantitative estimate of drug-likeness (QED) is 0.201. The number of imide groups is 1. The lowest BCUT2D eigenvalue weighted by molar-refractivity contribution is -0.898. The fraction of sp³-hybridized carbons (Fsp3) is 0.297. The molecule has 0 saturated carbocycles. The lowest BCUT2D eigenvalue weighted by Crippen LogP contribution is -2.69. The third-order valence-corrected chi connectivity index (χ3v) is 9.98. The summed E-state index contributed by atoms with van der Waals surface area (Å²) in [7, 11) is 0. The molecule has 3 aliphatic heterocycles. The van der Waals surface area contributed by atoms with E-state index in [9.17, 15) is 19.5 Å². The molecule has 0 aromatic heterocycles. The molecule has 2 N–H and O–H groups in total. The molecule has 7 rings (SSSR count). The molecule has 3 heterocycles. The van der Waals surface area contributed by atoms with Crippen LogP contribution in [-0.2, 0) is 22.7 Å². The van der Waals surface area contributed by atoms with Crippen molar-refractivity contribution in [2.24, 2.45) is 4.99 Å². The SMILES string of the molecule is O=C(OCc1ccccc1)[N+]1(C[C@@H]2CCC[N+]2(C(=O)O)C(=O)OCc2ccccc2)CCCC1C1=Nc2cccc3cccc(c23)N1. The van der Waals surface area contributed by atoms with Gasteiger partial charge in [-0.25, -0.2) is 9.48 Å². The van der Waals surface area contributed by atoms with Crippen molar-refractivity contribution in [1.29, 1.82) is 0 Å². The van der Waals surface area contributed by atoms with Crippen LogP contribution in [0.1, 0.15) is 36.8 Å². The highest BCUT2D eigenvalue weighted by molar-refractivity contribution is 6.15. The summed E-state index contributed by atoms with van der Waals surface area (Å²) in [5, 5.41) is 16.3. The third-order valence-electron chi connectivity index (χ3n) is 9.98. The van der Waals surface area contributed by atoms with E-state index >= 15 is 0 Å². The number of benzene rings is 4. The van der Waals surface area contributed by atoms with Gasteiger partial charge in [-0.1, -0.05) is 84.9 Å². The molecule has 0 radical (unpaired) electrons. The average molecular weight is 635 g/mol. The largest absolute Gasteiger partial charge is 0.527 e. The molecule has 240 valence electrons. The number of rotatable bonds is 7. The average Bonchev–Trinajstić information content (AvgIpc) is 3.73. The Morgan fingerprint density at radius 2 is 1.40 bits per heavy atom. The van der Waals surface area contributed by atoms with E-state index in [0.717, 1.165) is 33.3 Å². The van der Waals surface area contributed by atoms with Gasteiger partial charge >= 0.3 is 18.3 Å². The van der Waals surface area contributed by atoms with Crippen LogP contribution in [0.3, 0.4) is 0 Å². The van der Waals surface area contributed by atoms with Gasteiger partial charge in [0, 0.05) is 36.8 Å². The number of carboxylic acid groups (broad SMARTS) is 1. The Labute approximate surface area is 273 Å². The summed E-state index contributed by atoms with van der Waals surface area (Å²) >= 11 is 0. The van der Waals surface area contributed by atoms with Gasteiger partial charge in [0.1, 0.15) is 26.3 Å². The first-order valence-electron chi connectivity index (χ1n) is 16.2. The van der Waals surface area contributed by atoms with Gasteiger partial charge in [0.15, 0.2) is 17.9 Å². The summed E-state index contributed by atoms with van der Waals surface area (Å²) in [5.74, 6) is 0.642. The van der Waals surface area contributed by atoms with Crippen LogP contribution in [0, 0.1) is 0 Å². The first kappa shape index (κ1) is 30.6. The van der Waals surface area contributed by atoms with E-state index < -0.39 is 34.8 Å². The van der Waals surface area contributed by atoms with Crippen molar-refractivity contribution < 1.29 is 37.9 Å². The molecule has 10 nitrogen and oxygen atoms in total. The maximum absolute atomic E-state index is 14.5. The van der Waals surface area contributed by atoms with E-state index in [1.807, 2.05) is 97.1 Å². The van der Waals surface area contributed by atoms with Crippen LogP contribution in [0.2, 0.25) is 0 Å². The van der Waals surface area contributed by atoms with Crippen LogP contribution in [0.4, 0.5) is 25.8 Å². The molecule has 0 bridgehead atoms. The Bertz CT molecular complexity index is 1840. The number of likely N-dealkylation sites (tertiary alicyclic amines) is 2. The summed E-state index contributed by atoms with van der Waals surface area (Å²) in [4.78, 5) is 46.4. The number of hydrogen-bond donors (Lipinski definition) is 2. The van der Waals surface area contributed by atoms with Crippen LogP contribution in [0.5, 0.6) is 0 Å². The van der Waals surface area contributed by atoms with Gasteiger partial charge in [-0.05, 0) is 28.6 Å². The Hall–Kier alpha value is -5.06. The molecule has 2 fully saturated rings. The van der Waals surface area contributed by atoms with Crippen LogP contribution in [0.15, 0.2) is 102 Å². The van der Waals surface area contributed by atoms with Gasteiger partial charge in [-0.15, -0.1) is 4.48 Å². The van der Waals surface area contributed by atoms with Gasteiger partial charge in [-0.2, -0.15) is 14.4 Å². The minimum atomic E-state index is -1.27. The first-order chi connectivity index (χ1) is 22.9. The van der Waals surface area contributed by atoms with Gasteiger partial charge in [0.2, 0.25) is 0 Å². The first-order valence-corrected chi connectivity index (χ1v) is 16.2. The summed E-state index contributed by atoms with van der Waals surface area (Å²) in [6.07, 6.45) is -0.234. The molecule has 0 spiro atoms. The second-order valence-electron chi connectivity index (χ2n) is 12.7. The molecule has 3 aliphatic rings. The number of nitrogens with one attached hydrogen (secondary N) is 1. The number of amides is 3. The fourth-order valence-corrected chi connectivity index (χ4v) is 7.66. The van der Waals surface area contributed by atoms with Gasteiger partial charge in [0.05, 0.1) is 12.2 Å². The maximum atomic E-state index is 14.5. The van der Waals surface area contributed by atoms with Crippen LogP contribution in [0.25, 0.3) is 10.8 Å². The second kappa shape index (κ2) is 12.6. The van der Waals surface area contributed by atoms with E-state index in [4.69, 9.17) is 14.5 Å². The molecule has 0 aliphatic carbocycles. The van der Waals surface area contributed by atoms with Gasteiger partial charge in [-0.3, -0.25) is 0 Å². The van der Waals surface area contributed by atoms with E-state index in [0.29, 0.717) is 38.1 Å². The van der Waals surface area contributed by atoms with Crippen molar-refractivity contribution in [2.75, 3.05) is 25.0 Å². The third kappa shape index (κ3) is 5.53. The van der Waals surface area contributed by atoms with E-state index in [1.54, 1.807) is 0 Å². The highest BCUT2D eigenvalue weighted by atomic mass is 16.6. The Morgan fingerprint density at radius 3 is 2.09 bits per heavy atom. The molecular weight excluding hydrogens is 596 g/mol. The number of aliphatic imine (C=N–C) groups is 1. The Morgan fingerprint density at radius 1 is 0.766 bits per heavy atom. The molecule has 4 aromatic carbocycles. The number of hydrogen-bond acceptors (Lipinski definition) is 7. The lowest BCUT2D eigenvalue weighted by Gasteiger charge is -2.40. The highest BCUT2D eigenvalue weighted by Gasteiger charge is 2.63. The summed E-state index contributed by atoms with van der Waals surface area (Å²) < 4.78 is 10.7. The molecule has 2 saturated heterocycles. The van der Waals surface area contributed by atoms with E-state index in [-0.39, 0.29) is 30.8 Å². The predicted molar refractivity (Wildman–Crippen MR) is 177 cm³/mol. The normalized spacial score (nSPS) is 24.7. The number of amidine groups is 1. The maximum Gasteiger partial charge on any atom is 0.527 e. The lowest BCUT2D eigenvalue weighted by atomic mass is 10.0. The zero-order valence-electron chi connectivity index (χ0n) is 26.1. The van der Waals surface area contributed by atoms with Crippen LogP contribution >= 0.6 is 0 Å². The standard InChI is InChI=1S/C37H36N4O6/c42-35(43)41(37(45)47-25-27-13-5-2-6-14-27)22-9-17-29(41)23-40(36(44)46-24-26-11-3-1-4-12-26)21-10-20-32(40)34-38-30-18-7-15-28-16-8-19-31(39-34)33(28)30/h1-8,11-16,18-19,29,32H,9-10,17,20-25H2/p+2/t29-,32?,40?,41?/m0/s1. The van der Waals surface area contributed by atoms with Crippen molar-refractivity contribution in [2.45, 2.75) is 51.0 Å². The molecular formula is C37H38N4O6+2. The summed E-state index contributed by atoms with van der Waals surface area (Å²) in [6, 6.07) is 29.6. The zero-order chi connectivity index (χ0) is 32.4. The molecule has 10 heteroatoms. The number of nitrogens with zero attached hydrogens (tertiary/aromatic N) is 3. The van der Waals surface area contributed by atoms with Crippen molar-refractivity contribution in [1.82, 2.24) is 0 Å². The molecule has 3 amide bonds. The van der Waals surface area contributed by atoms with Gasteiger partial charge < -0.3 is 19.9 Å². The van der Waals surface area contributed by atoms with Crippen molar-refractivity contribution in [3.63, 3.8) is 0 Å². The Balaban J connectivity index is 1.24. The van der Waals surface area contributed by atoms with E-state index in [1.165, 1.54) is 0 Å². The molecule has 3 unspecified atom stereocenters. The number of ether oxygens (including phenoxy) is 2. The summed E-state index contributed by atoms with van der Waals surface area (Å²) in [6.45, 7) is 0.660. The smallest absolute Gasteiger partial charge is 0.435 e. The molecule has 4 aromatic rings. The molecule has 4 atom stereocenters. The zero-order valence-corrected chi connectivity index (χ0v) is 26.1. The fourth-order valence-electron chi connectivity index (χ4n) is 7.66. The van der Waals surface area contributed by atoms with E-state index in [2.05, 4.69) is 5.32 Å². The minimum absolute atomic E-state index is 0.0346. The Kier molecular flexibility index (Phi) is 8.21. The number of carbonyl (C=O) groups excluding carboxylic acids is 2. The van der Waals surface area contributed by atoms with Crippen molar-refractivity contribution >= 4 is 46.3 Å². The minimum Gasteiger partial charge on any atom is -0.435 e. The number of anilines is 1. The van der Waals surface area contributed by atoms with Crippen molar-refractivity contribution in [3.05, 3.63) is 108 Å². The summed E-state index contributed by atoms with van der Waals surface area (Å²) in [5.41, 5.74) is 3.34. The number of carbonyl (C=O) groups is 3.